The molecule has 0 spiro atoms. The second-order valence-corrected chi connectivity index (χ2v) is 4.77. The van der Waals surface area contributed by atoms with Crippen molar-refractivity contribution in [1.29, 1.82) is 0 Å². The Kier molecular flexibility index (Phi) is 3.59. The van der Waals surface area contributed by atoms with E-state index in [1.165, 1.54) is 12.8 Å². The highest BCUT2D eigenvalue weighted by atomic mass is 16.5. The number of carboxylic acids is 1. The van der Waals surface area contributed by atoms with Crippen molar-refractivity contribution in [2.75, 3.05) is 32.8 Å². The molecule has 2 aliphatic heterocycles. The molecular weight excluding hydrogens is 194 g/mol. The normalized spacial score (nSPS) is 28.7. The molecule has 0 radical (unpaired) electrons. The molecule has 2 fully saturated rings. The minimum absolute atomic E-state index is 0.331. The Morgan fingerprint density at radius 2 is 2.20 bits per heavy atom. The van der Waals surface area contributed by atoms with Crippen LogP contribution in [-0.4, -0.2) is 48.8 Å². The van der Waals surface area contributed by atoms with Crippen LogP contribution in [0.15, 0.2) is 0 Å². The molecule has 0 aliphatic carbocycles. The molecule has 0 amide bonds. The minimum Gasteiger partial charge on any atom is -0.481 e. The average Bonchev–Trinajstić information content (AvgIpc) is 2.15. The molecular formula is C11H19NO3. The van der Waals surface area contributed by atoms with Crippen LogP contribution < -0.4 is 0 Å². The molecule has 1 atom stereocenters. The Bertz CT molecular complexity index is 220. The molecule has 0 aromatic heterocycles. The van der Waals surface area contributed by atoms with E-state index in [4.69, 9.17) is 9.84 Å². The van der Waals surface area contributed by atoms with Crippen LogP contribution in [0.4, 0.5) is 0 Å². The Hall–Kier alpha value is -0.610. The maximum atomic E-state index is 10.5. The average molecular weight is 213 g/mol. The molecule has 86 valence electrons. The number of carbonyl (C=O) groups is 1. The van der Waals surface area contributed by atoms with Crippen LogP contribution in [-0.2, 0) is 9.53 Å². The van der Waals surface area contributed by atoms with Gasteiger partial charge in [-0.15, -0.1) is 0 Å². The summed E-state index contributed by atoms with van der Waals surface area (Å²) in [6.07, 6.45) is 2.77. The molecule has 0 aromatic carbocycles. The monoisotopic (exact) mass is 213 g/mol. The minimum atomic E-state index is -0.666. The Labute approximate surface area is 90.2 Å². The first-order chi connectivity index (χ1) is 7.24. The van der Waals surface area contributed by atoms with Gasteiger partial charge < -0.3 is 14.7 Å². The summed E-state index contributed by atoms with van der Waals surface area (Å²) in [5.74, 6) is 0.386. The predicted molar refractivity (Wildman–Crippen MR) is 55.7 cm³/mol. The van der Waals surface area contributed by atoms with Gasteiger partial charge in [-0.1, -0.05) is 0 Å². The largest absolute Gasteiger partial charge is 0.481 e. The second kappa shape index (κ2) is 4.94. The van der Waals surface area contributed by atoms with E-state index in [-0.39, 0.29) is 0 Å². The third kappa shape index (κ3) is 3.18. The Morgan fingerprint density at radius 3 is 2.80 bits per heavy atom. The van der Waals surface area contributed by atoms with Crippen molar-refractivity contribution in [3.8, 4) is 0 Å². The van der Waals surface area contributed by atoms with E-state index in [9.17, 15) is 4.79 Å². The highest BCUT2D eigenvalue weighted by Crippen LogP contribution is 2.23. The topological polar surface area (TPSA) is 49.8 Å². The third-order valence-corrected chi connectivity index (χ3v) is 3.27. The highest BCUT2D eigenvalue weighted by molar-refractivity contribution is 5.67. The zero-order chi connectivity index (χ0) is 10.7. The van der Waals surface area contributed by atoms with E-state index in [1.807, 2.05) is 0 Å². The molecule has 2 saturated heterocycles. The van der Waals surface area contributed by atoms with Crippen molar-refractivity contribution in [3.63, 3.8) is 0 Å². The van der Waals surface area contributed by atoms with E-state index >= 15 is 0 Å². The van der Waals surface area contributed by atoms with Gasteiger partial charge in [0, 0.05) is 26.2 Å². The van der Waals surface area contributed by atoms with Crippen LogP contribution in [0.1, 0.15) is 19.3 Å². The van der Waals surface area contributed by atoms with E-state index in [2.05, 4.69) is 4.90 Å². The summed E-state index contributed by atoms with van der Waals surface area (Å²) in [6.45, 7) is 4.82. The molecule has 0 aromatic rings. The number of likely N-dealkylation sites (tertiary alicyclic amines) is 1. The van der Waals surface area contributed by atoms with Gasteiger partial charge in [-0.05, 0) is 24.7 Å². The van der Waals surface area contributed by atoms with Crippen LogP contribution in [0.3, 0.4) is 0 Å². The standard InChI is InChI=1S/C11H19NO3/c13-11(14)4-10-6-12(7-10)5-9-2-1-3-15-8-9/h9-10H,1-8H2,(H,13,14). The predicted octanol–water partition coefficient (Wildman–Crippen LogP) is 0.819. The van der Waals surface area contributed by atoms with Crippen molar-refractivity contribution in [1.82, 2.24) is 4.90 Å². The lowest BCUT2D eigenvalue weighted by Crippen LogP contribution is -2.50. The van der Waals surface area contributed by atoms with Gasteiger partial charge in [-0.3, -0.25) is 4.79 Å². The molecule has 1 N–H and O–H groups in total. The van der Waals surface area contributed by atoms with Gasteiger partial charge in [0.2, 0.25) is 0 Å². The van der Waals surface area contributed by atoms with Gasteiger partial charge in [-0.25, -0.2) is 0 Å². The maximum Gasteiger partial charge on any atom is 0.303 e. The molecule has 2 aliphatic rings. The molecule has 4 heteroatoms. The fourth-order valence-electron chi connectivity index (χ4n) is 2.52. The molecule has 0 saturated carbocycles. The van der Waals surface area contributed by atoms with Gasteiger partial charge in [0.15, 0.2) is 0 Å². The van der Waals surface area contributed by atoms with Gasteiger partial charge in [-0.2, -0.15) is 0 Å². The SMILES string of the molecule is O=C(O)CC1CN(CC2CCCOC2)C1. The van der Waals surface area contributed by atoms with E-state index in [0.29, 0.717) is 18.3 Å². The van der Waals surface area contributed by atoms with Gasteiger partial charge >= 0.3 is 5.97 Å². The van der Waals surface area contributed by atoms with E-state index < -0.39 is 5.97 Å². The first-order valence-corrected chi connectivity index (χ1v) is 5.76. The van der Waals surface area contributed by atoms with Crippen molar-refractivity contribution in [3.05, 3.63) is 0 Å². The zero-order valence-electron chi connectivity index (χ0n) is 9.02. The third-order valence-electron chi connectivity index (χ3n) is 3.27. The molecule has 15 heavy (non-hydrogen) atoms. The number of aliphatic carboxylic acids is 1. The van der Waals surface area contributed by atoms with Crippen LogP contribution >= 0.6 is 0 Å². The molecule has 4 nitrogen and oxygen atoms in total. The van der Waals surface area contributed by atoms with E-state index in [0.717, 1.165) is 32.8 Å². The Morgan fingerprint density at radius 1 is 1.40 bits per heavy atom. The van der Waals surface area contributed by atoms with Crippen molar-refractivity contribution < 1.29 is 14.6 Å². The molecule has 1 unspecified atom stereocenters. The number of rotatable bonds is 4. The smallest absolute Gasteiger partial charge is 0.303 e. The van der Waals surface area contributed by atoms with Crippen LogP contribution in [0.2, 0.25) is 0 Å². The second-order valence-electron chi connectivity index (χ2n) is 4.77. The number of ether oxygens (including phenoxy) is 1. The summed E-state index contributed by atoms with van der Waals surface area (Å²) in [7, 11) is 0. The maximum absolute atomic E-state index is 10.5. The summed E-state index contributed by atoms with van der Waals surface area (Å²) in [6, 6.07) is 0. The van der Waals surface area contributed by atoms with Gasteiger partial charge in [0.25, 0.3) is 0 Å². The summed E-state index contributed by atoms with van der Waals surface area (Å²) in [5, 5.41) is 8.62. The summed E-state index contributed by atoms with van der Waals surface area (Å²) in [4.78, 5) is 12.8. The van der Waals surface area contributed by atoms with Crippen molar-refractivity contribution in [2.24, 2.45) is 11.8 Å². The highest BCUT2D eigenvalue weighted by Gasteiger charge is 2.30. The number of hydrogen-bond donors (Lipinski definition) is 1. The number of carboxylic acid groups (broad SMARTS) is 1. The van der Waals surface area contributed by atoms with Crippen molar-refractivity contribution >= 4 is 5.97 Å². The fourth-order valence-corrected chi connectivity index (χ4v) is 2.52. The van der Waals surface area contributed by atoms with Gasteiger partial charge in [0.1, 0.15) is 0 Å². The lowest BCUT2D eigenvalue weighted by molar-refractivity contribution is -0.139. The summed E-state index contributed by atoms with van der Waals surface area (Å²) in [5.41, 5.74) is 0. The number of nitrogens with zero attached hydrogens (tertiary/aromatic N) is 1. The lowest BCUT2D eigenvalue weighted by atomic mass is 9.93. The van der Waals surface area contributed by atoms with Gasteiger partial charge in [0.05, 0.1) is 13.0 Å². The molecule has 2 heterocycles. The fraction of sp³-hybridized carbons (Fsp3) is 0.909. The first-order valence-electron chi connectivity index (χ1n) is 5.76. The first kappa shape index (κ1) is 10.9. The van der Waals surface area contributed by atoms with E-state index in [1.54, 1.807) is 0 Å². The molecule has 0 bridgehead atoms. The summed E-state index contributed by atoms with van der Waals surface area (Å²) < 4.78 is 5.42. The van der Waals surface area contributed by atoms with Crippen molar-refractivity contribution in [2.45, 2.75) is 19.3 Å². The summed E-state index contributed by atoms with van der Waals surface area (Å²) >= 11 is 0. The van der Waals surface area contributed by atoms with Crippen LogP contribution in [0, 0.1) is 11.8 Å². The quantitative estimate of drug-likeness (QED) is 0.751. The number of hydrogen-bond acceptors (Lipinski definition) is 3. The molecule has 2 rings (SSSR count). The Balaban J connectivity index is 1.60. The lowest BCUT2D eigenvalue weighted by Gasteiger charge is -2.41. The van der Waals surface area contributed by atoms with Crippen LogP contribution in [0.5, 0.6) is 0 Å². The van der Waals surface area contributed by atoms with Crippen LogP contribution in [0.25, 0.3) is 0 Å². The zero-order valence-corrected chi connectivity index (χ0v) is 9.02.